The third-order valence-corrected chi connectivity index (χ3v) is 7.54. The minimum Gasteiger partial charge on any atom is -0.478 e. The van der Waals surface area contributed by atoms with Crippen LogP contribution in [0, 0.1) is 5.92 Å². The second-order valence-electron chi connectivity index (χ2n) is 10.3. The summed E-state index contributed by atoms with van der Waals surface area (Å²) >= 11 is 0. The van der Waals surface area contributed by atoms with E-state index in [0.717, 1.165) is 25.9 Å². The monoisotopic (exact) mass is 607 g/mol. The van der Waals surface area contributed by atoms with E-state index in [1.165, 1.54) is 22.9 Å². The number of benzene rings is 1. The summed E-state index contributed by atoms with van der Waals surface area (Å²) in [5, 5.41) is 13.5. The van der Waals surface area contributed by atoms with E-state index >= 15 is 0 Å². The Hall–Kier alpha value is -4.11. The number of nitrogens with two attached hydrogens (primary N) is 1. The first-order valence-electron chi connectivity index (χ1n) is 13.3. The average Bonchev–Trinajstić information content (AvgIpc) is 3.64. The summed E-state index contributed by atoms with van der Waals surface area (Å²) in [6.07, 6.45) is -1.16. The number of aromatic nitrogens is 5. The summed E-state index contributed by atoms with van der Waals surface area (Å²) in [7, 11) is 0. The molecule has 2 saturated heterocycles. The van der Waals surface area contributed by atoms with Crippen LogP contribution in [0.2, 0.25) is 0 Å². The molecule has 3 aromatic heterocycles. The first-order chi connectivity index (χ1) is 19.7. The molecule has 0 radical (unpaired) electrons. The summed E-state index contributed by atoms with van der Waals surface area (Å²) in [6.45, 7) is 4.29. The lowest BCUT2D eigenvalue weighted by Crippen LogP contribution is -2.50. The third kappa shape index (κ3) is 5.92. The fourth-order valence-corrected chi connectivity index (χ4v) is 5.55. The van der Waals surface area contributed by atoms with Crippen molar-refractivity contribution < 1.29 is 27.5 Å². The minimum atomic E-state index is -4.65. The number of hydrogen-bond acceptors (Lipinski definition) is 10. The molecule has 0 saturated carbocycles. The van der Waals surface area contributed by atoms with Crippen LogP contribution in [0.1, 0.15) is 28.8 Å². The molecule has 2 fully saturated rings. The first kappa shape index (κ1) is 29.4. The number of fused-ring (bicyclic) bond motifs is 1. The van der Waals surface area contributed by atoms with Crippen LogP contribution in [0.4, 0.5) is 30.8 Å². The maximum absolute atomic E-state index is 13.7. The van der Waals surface area contributed by atoms with E-state index in [2.05, 4.69) is 29.9 Å². The molecule has 2 aliphatic rings. The fourth-order valence-electron chi connectivity index (χ4n) is 5.55. The summed E-state index contributed by atoms with van der Waals surface area (Å²) < 4.78 is 47.9. The molecule has 12 nitrogen and oxygen atoms in total. The summed E-state index contributed by atoms with van der Waals surface area (Å²) in [6, 6.07) is 6.69. The molecule has 0 spiro atoms. The number of halogens is 4. The predicted molar refractivity (Wildman–Crippen MR) is 150 cm³/mol. The van der Waals surface area contributed by atoms with Crippen molar-refractivity contribution in [2.75, 3.05) is 61.3 Å². The van der Waals surface area contributed by atoms with E-state index in [0.29, 0.717) is 68.0 Å². The van der Waals surface area contributed by atoms with Crippen LogP contribution >= 0.6 is 12.4 Å². The van der Waals surface area contributed by atoms with Crippen molar-refractivity contribution in [3.8, 4) is 11.6 Å². The third-order valence-electron chi connectivity index (χ3n) is 7.54. The Morgan fingerprint density at radius 1 is 1.07 bits per heavy atom. The molecule has 16 heteroatoms. The number of alkyl halides is 3. The largest absolute Gasteiger partial charge is 0.478 e. The van der Waals surface area contributed by atoms with Crippen molar-refractivity contribution in [1.29, 1.82) is 0 Å². The number of furan rings is 1. The zero-order valence-electron chi connectivity index (χ0n) is 22.4. The van der Waals surface area contributed by atoms with Gasteiger partial charge in [-0.25, -0.2) is 4.79 Å². The second kappa shape index (κ2) is 11.6. The number of hydrogen-bond donors (Lipinski definition) is 2. The molecule has 6 rings (SSSR count). The second-order valence-corrected chi connectivity index (χ2v) is 10.3. The van der Waals surface area contributed by atoms with Crippen LogP contribution in [0.15, 0.2) is 41.0 Å². The maximum atomic E-state index is 13.7. The van der Waals surface area contributed by atoms with Gasteiger partial charge in [0.05, 0.1) is 17.4 Å². The normalized spacial score (nSPS) is 18.3. The maximum Gasteiger partial charge on any atom is 0.418 e. The van der Waals surface area contributed by atoms with Gasteiger partial charge in [-0.1, -0.05) is 0 Å². The van der Waals surface area contributed by atoms with E-state index in [-0.39, 0.29) is 29.6 Å². The minimum absolute atomic E-state index is 0. The molecule has 0 amide bonds. The van der Waals surface area contributed by atoms with E-state index in [1.807, 2.05) is 0 Å². The number of carboxylic acid groups (broad SMARTS) is 1. The number of anilines is 3. The molecule has 4 aromatic rings. The summed E-state index contributed by atoms with van der Waals surface area (Å²) in [5.41, 5.74) is 4.89. The number of piperazine rings is 1. The van der Waals surface area contributed by atoms with Gasteiger partial charge in [-0.2, -0.15) is 32.6 Å². The fraction of sp³-hybridized carbons (Fsp3) is 0.423. The van der Waals surface area contributed by atoms with Gasteiger partial charge < -0.3 is 25.1 Å². The molecule has 0 aliphatic carbocycles. The van der Waals surface area contributed by atoms with Crippen LogP contribution in [-0.2, 0) is 6.18 Å². The van der Waals surface area contributed by atoms with Gasteiger partial charge in [-0.15, -0.1) is 17.5 Å². The van der Waals surface area contributed by atoms with E-state index in [9.17, 15) is 18.0 Å². The van der Waals surface area contributed by atoms with Gasteiger partial charge in [-0.05, 0) is 49.1 Å². The Balaban J connectivity index is 0.00000353. The van der Waals surface area contributed by atoms with Crippen LogP contribution in [0.25, 0.3) is 17.4 Å². The zero-order chi connectivity index (χ0) is 28.7. The SMILES string of the molecule is Cl.Nc1nc(N2CCCC(CN3CCN(c4ccc(C(=O)O)cc4C(F)(F)F)CC3)C2)nc2nc(-c3ccco3)nn12. The standard InChI is InChI=1S/C26H28F3N9O3.ClH/c27-26(28,29)18-13-17(22(39)40)5-6-19(18)36-10-8-35(9-11-36)14-16-3-1-7-37(15-16)24-32-23(30)38-25(33-24)31-21(34-38)20-4-2-12-41-20;/h2,4-6,12-13,16H,1,3,7-11,14-15H2,(H,39,40)(H2,30,31,32,33,34);1H. The van der Waals surface area contributed by atoms with Crippen LogP contribution < -0.4 is 15.5 Å². The van der Waals surface area contributed by atoms with Gasteiger partial charge in [0.1, 0.15) is 0 Å². The number of nitrogens with zero attached hydrogens (tertiary/aromatic N) is 8. The molecule has 224 valence electrons. The molecule has 3 N–H and O–H groups in total. The first-order valence-corrected chi connectivity index (χ1v) is 13.3. The van der Waals surface area contributed by atoms with E-state index in [1.54, 1.807) is 17.0 Å². The predicted octanol–water partition coefficient (Wildman–Crippen LogP) is 3.54. The van der Waals surface area contributed by atoms with Crippen molar-refractivity contribution in [3.05, 3.63) is 47.7 Å². The summed E-state index contributed by atoms with van der Waals surface area (Å²) in [4.78, 5) is 30.7. The topological polar surface area (TPSA) is 142 Å². The molecular formula is C26H29ClF3N9O3. The molecule has 1 atom stereocenters. The highest BCUT2D eigenvalue weighted by Crippen LogP contribution is 2.38. The molecule has 1 aromatic carbocycles. The molecule has 1 unspecified atom stereocenters. The molecule has 42 heavy (non-hydrogen) atoms. The number of carboxylic acids is 1. The van der Waals surface area contributed by atoms with Crippen LogP contribution in [-0.4, -0.2) is 86.4 Å². The molecular weight excluding hydrogens is 579 g/mol. The molecule has 0 bridgehead atoms. The Bertz CT molecular complexity index is 1560. The van der Waals surface area contributed by atoms with Crippen molar-refractivity contribution in [1.82, 2.24) is 29.5 Å². The van der Waals surface area contributed by atoms with E-state index in [4.69, 9.17) is 15.3 Å². The number of rotatable bonds is 6. The Morgan fingerprint density at radius 3 is 2.55 bits per heavy atom. The summed E-state index contributed by atoms with van der Waals surface area (Å²) in [5.74, 6) is 0.766. The molecule has 2 aliphatic heterocycles. The van der Waals surface area contributed by atoms with Crippen molar-refractivity contribution >= 4 is 41.7 Å². The quantitative estimate of drug-likeness (QED) is 0.332. The zero-order valence-corrected chi connectivity index (χ0v) is 23.2. The highest BCUT2D eigenvalue weighted by Gasteiger charge is 2.36. The van der Waals surface area contributed by atoms with Crippen LogP contribution in [0.3, 0.4) is 0 Å². The van der Waals surface area contributed by atoms with Gasteiger partial charge in [0.2, 0.25) is 17.7 Å². The van der Waals surface area contributed by atoms with Crippen molar-refractivity contribution in [2.45, 2.75) is 19.0 Å². The lowest BCUT2D eigenvalue weighted by Gasteiger charge is -2.40. The van der Waals surface area contributed by atoms with Crippen LogP contribution in [0.5, 0.6) is 0 Å². The lowest BCUT2D eigenvalue weighted by atomic mass is 9.97. The van der Waals surface area contributed by atoms with Gasteiger partial charge in [0.25, 0.3) is 5.78 Å². The van der Waals surface area contributed by atoms with Gasteiger partial charge in [0.15, 0.2) is 5.76 Å². The van der Waals surface area contributed by atoms with Gasteiger partial charge >= 0.3 is 12.1 Å². The van der Waals surface area contributed by atoms with Crippen molar-refractivity contribution in [2.24, 2.45) is 5.92 Å². The molecule has 5 heterocycles. The number of carbonyl (C=O) groups is 1. The Kier molecular flexibility index (Phi) is 8.14. The van der Waals surface area contributed by atoms with Gasteiger partial charge in [0, 0.05) is 51.5 Å². The smallest absolute Gasteiger partial charge is 0.418 e. The van der Waals surface area contributed by atoms with E-state index < -0.39 is 17.7 Å². The Morgan fingerprint density at radius 2 is 1.86 bits per heavy atom. The highest BCUT2D eigenvalue weighted by molar-refractivity contribution is 5.88. The lowest BCUT2D eigenvalue weighted by molar-refractivity contribution is -0.137. The van der Waals surface area contributed by atoms with Gasteiger partial charge in [-0.3, -0.25) is 4.90 Å². The number of aromatic carboxylic acids is 1. The number of piperidine rings is 1. The average molecular weight is 608 g/mol. The van der Waals surface area contributed by atoms with Crippen molar-refractivity contribution in [3.63, 3.8) is 0 Å². The highest BCUT2D eigenvalue weighted by atomic mass is 35.5. The Labute approximate surface area is 244 Å². The number of nitrogen functional groups attached to an aromatic ring is 1.